The molecular weight excluding hydrogens is 597 g/mol. The maximum atomic E-state index is 13.3. The third-order valence-electron chi connectivity index (χ3n) is 8.24. The molecular formula is C28H34ClF3N4O5S. The molecule has 2 aromatic rings. The quantitative estimate of drug-likeness (QED) is 0.454. The maximum Gasteiger partial charge on any atom is 0.417 e. The van der Waals surface area contributed by atoms with Gasteiger partial charge in [0.1, 0.15) is 11.6 Å². The van der Waals surface area contributed by atoms with Crippen LogP contribution in [0.2, 0.25) is 5.02 Å². The summed E-state index contributed by atoms with van der Waals surface area (Å²) < 4.78 is 74.2. The number of halogens is 4. The maximum absolute atomic E-state index is 13.3. The number of hydrogen-bond acceptors (Lipinski definition) is 8. The Kier molecular flexibility index (Phi) is 7.85. The number of sulfonamides is 1. The van der Waals surface area contributed by atoms with Crippen LogP contribution in [0.1, 0.15) is 52.4 Å². The van der Waals surface area contributed by atoms with Gasteiger partial charge in [-0.25, -0.2) is 9.71 Å². The van der Waals surface area contributed by atoms with Gasteiger partial charge < -0.3 is 19.6 Å². The first-order valence-electron chi connectivity index (χ1n) is 13.8. The van der Waals surface area contributed by atoms with Crippen LogP contribution in [-0.2, 0) is 14.8 Å². The Labute approximate surface area is 248 Å². The summed E-state index contributed by atoms with van der Waals surface area (Å²) in [5.41, 5.74) is -3.33. The van der Waals surface area contributed by atoms with Crippen molar-refractivity contribution in [3.05, 3.63) is 41.4 Å². The molecule has 2 aliphatic heterocycles. The van der Waals surface area contributed by atoms with E-state index in [1.165, 1.54) is 23.1 Å². The first-order chi connectivity index (χ1) is 19.5. The van der Waals surface area contributed by atoms with E-state index in [2.05, 4.69) is 28.5 Å². The second-order valence-corrected chi connectivity index (χ2v) is 14.2. The van der Waals surface area contributed by atoms with E-state index in [-0.39, 0.29) is 24.3 Å². The molecule has 2 saturated heterocycles. The van der Waals surface area contributed by atoms with E-state index in [1.54, 1.807) is 12.1 Å². The second kappa shape index (κ2) is 10.7. The molecule has 1 amide bonds. The van der Waals surface area contributed by atoms with Crippen molar-refractivity contribution < 1.29 is 36.2 Å². The number of amides is 1. The lowest BCUT2D eigenvalue weighted by Crippen LogP contribution is -2.53. The monoisotopic (exact) mass is 630 g/mol. The van der Waals surface area contributed by atoms with Crippen LogP contribution in [0.15, 0.2) is 41.4 Å². The molecule has 3 aliphatic rings. The third-order valence-corrected chi connectivity index (χ3v) is 9.71. The average Bonchev–Trinajstić information content (AvgIpc) is 3.69. The number of benzene rings is 1. The average molecular weight is 631 g/mol. The van der Waals surface area contributed by atoms with Crippen LogP contribution >= 0.6 is 11.6 Å². The molecule has 230 valence electrons. The number of piperidine rings is 2. The second-order valence-electron chi connectivity index (χ2n) is 12.2. The van der Waals surface area contributed by atoms with E-state index in [9.17, 15) is 31.5 Å². The number of ether oxygens (including phenoxy) is 1. The standard InChI is InChI=1S/C28H34ClF3N4O5S/c1-25(2)9-4-14-36(18-25)20-8-7-19(29)17-21(20)41-26(10-11-26)24(37)34-42(39,40)23-6-3-5-22(33-23)35-15-12-27(38,13-16-35)28(30,31)32/h3,5-8,17,38H,4,9-16,18H2,1-2H3,(H,34,37). The molecule has 1 aliphatic carbocycles. The number of anilines is 2. The number of alkyl halides is 3. The molecule has 9 nitrogen and oxygen atoms in total. The molecule has 1 saturated carbocycles. The Hall–Kier alpha value is -2.77. The molecule has 3 fully saturated rings. The number of rotatable bonds is 7. The fourth-order valence-corrected chi connectivity index (χ4v) is 6.71. The predicted molar refractivity (Wildman–Crippen MR) is 151 cm³/mol. The minimum Gasteiger partial charge on any atom is -0.475 e. The molecule has 0 atom stereocenters. The summed E-state index contributed by atoms with van der Waals surface area (Å²) in [5.74, 6) is -0.318. The van der Waals surface area contributed by atoms with Gasteiger partial charge in [-0.1, -0.05) is 31.5 Å². The van der Waals surface area contributed by atoms with Crippen molar-refractivity contribution in [1.29, 1.82) is 0 Å². The summed E-state index contributed by atoms with van der Waals surface area (Å²) in [5, 5.41) is 9.89. The zero-order valence-electron chi connectivity index (χ0n) is 23.4. The van der Waals surface area contributed by atoms with Crippen molar-refractivity contribution in [3.8, 4) is 5.75 Å². The zero-order valence-corrected chi connectivity index (χ0v) is 24.9. The molecule has 2 N–H and O–H groups in total. The predicted octanol–water partition coefficient (Wildman–Crippen LogP) is 4.67. The topological polar surface area (TPSA) is 112 Å². The number of hydrogen-bond donors (Lipinski definition) is 2. The molecule has 1 aromatic heterocycles. The number of aliphatic hydroxyl groups is 1. The number of aromatic nitrogens is 1. The van der Waals surface area contributed by atoms with Crippen molar-refractivity contribution in [2.75, 3.05) is 36.0 Å². The number of carbonyl (C=O) groups is 1. The van der Waals surface area contributed by atoms with E-state index >= 15 is 0 Å². The van der Waals surface area contributed by atoms with E-state index in [1.807, 2.05) is 6.07 Å². The van der Waals surface area contributed by atoms with E-state index in [0.29, 0.717) is 23.6 Å². The number of nitrogens with zero attached hydrogens (tertiary/aromatic N) is 3. The highest BCUT2D eigenvalue weighted by molar-refractivity contribution is 7.90. The fraction of sp³-hybridized carbons (Fsp3) is 0.571. The lowest BCUT2D eigenvalue weighted by atomic mass is 9.84. The molecule has 5 rings (SSSR count). The Balaban J connectivity index is 1.30. The van der Waals surface area contributed by atoms with Crippen LogP contribution in [0.5, 0.6) is 5.75 Å². The smallest absolute Gasteiger partial charge is 0.417 e. The Morgan fingerprint density at radius 3 is 2.36 bits per heavy atom. The summed E-state index contributed by atoms with van der Waals surface area (Å²) in [4.78, 5) is 21.1. The minimum absolute atomic E-state index is 0.0904. The van der Waals surface area contributed by atoms with E-state index in [0.717, 1.165) is 31.6 Å². The van der Waals surface area contributed by atoms with Gasteiger partial charge in [0.15, 0.2) is 16.2 Å². The normalized spacial score (nSPS) is 21.5. The lowest BCUT2D eigenvalue weighted by Gasteiger charge is -2.40. The Bertz CT molecular complexity index is 1460. The first-order valence-corrected chi connectivity index (χ1v) is 15.7. The van der Waals surface area contributed by atoms with Crippen LogP contribution in [0.25, 0.3) is 0 Å². The van der Waals surface area contributed by atoms with Crippen molar-refractivity contribution >= 4 is 39.0 Å². The zero-order chi connectivity index (χ0) is 30.6. The largest absolute Gasteiger partial charge is 0.475 e. The van der Waals surface area contributed by atoms with Crippen LogP contribution in [-0.4, -0.2) is 68.0 Å². The van der Waals surface area contributed by atoms with Crippen molar-refractivity contribution in [2.24, 2.45) is 5.41 Å². The summed E-state index contributed by atoms with van der Waals surface area (Å²) in [6, 6.07) is 9.28. The van der Waals surface area contributed by atoms with Gasteiger partial charge in [-0.3, -0.25) is 4.79 Å². The summed E-state index contributed by atoms with van der Waals surface area (Å²) in [7, 11) is -4.44. The van der Waals surface area contributed by atoms with Crippen LogP contribution in [0.4, 0.5) is 24.7 Å². The summed E-state index contributed by atoms with van der Waals surface area (Å²) >= 11 is 6.27. The SMILES string of the molecule is CC1(C)CCCN(c2ccc(Cl)cc2OC2(C(=O)NS(=O)(=O)c3cccc(N4CCC(O)(C(F)(F)F)CC4)n3)CC2)C1. The lowest BCUT2D eigenvalue weighted by molar-refractivity contribution is -0.266. The Morgan fingerprint density at radius 1 is 1.05 bits per heavy atom. The molecule has 0 bridgehead atoms. The van der Waals surface area contributed by atoms with Crippen LogP contribution in [0, 0.1) is 5.41 Å². The number of carbonyl (C=O) groups excluding carboxylic acids is 1. The van der Waals surface area contributed by atoms with Gasteiger partial charge in [-0.15, -0.1) is 0 Å². The summed E-state index contributed by atoms with van der Waals surface area (Å²) in [6.07, 6.45) is -3.24. The van der Waals surface area contributed by atoms with Crippen molar-refractivity contribution in [1.82, 2.24) is 9.71 Å². The van der Waals surface area contributed by atoms with Gasteiger partial charge in [0.2, 0.25) is 0 Å². The summed E-state index contributed by atoms with van der Waals surface area (Å²) in [6.45, 7) is 5.62. The van der Waals surface area contributed by atoms with Crippen LogP contribution < -0.4 is 19.3 Å². The van der Waals surface area contributed by atoms with Crippen molar-refractivity contribution in [2.45, 2.75) is 74.8 Å². The fourth-order valence-electron chi connectivity index (χ4n) is 5.55. The molecule has 42 heavy (non-hydrogen) atoms. The molecule has 0 radical (unpaired) electrons. The highest BCUT2D eigenvalue weighted by Gasteiger charge is 2.56. The third kappa shape index (κ3) is 6.28. The van der Waals surface area contributed by atoms with Crippen molar-refractivity contribution in [3.63, 3.8) is 0 Å². The molecule has 1 aromatic carbocycles. The van der Waals surface area contributed by atoms with E-state index < -0.39 is 51.2 Å². The molecule has 0 unspecified atom stereocenters. The van der Waals surface area contributed by atoms with Gasteiger partial charge in [0, 0.05) is 63.0 Å². The van der Waals surface area contributed by atoms with Gasteiger partial charge in [0.25, 0.3) is 15.9 Å². The van der Waals surface area contributed by atoms with Crippen LogP contribution in [0.3, 0.4) is 0 Å². The first kappa shape index (κ1) is 30.7. The van der Waals surface area contributed by atoms with E-state index in [4.69, 9.17) is 16.3 Å². The van der Waals surface area contributed by atoms with Gasteiger partial charge >= 0.3 is 6.18 Å². The Morgan fingerprint density at radius 2 is 1.74 bits per heavy atom. The number of pyridine rings is 1. The highest BCUT2D eigenvalue weighted by Crippen LogP contribution is 2.46. The molecule has 0 spiro atoms. The molecule has 14 heteroatoms. The van der Waals surface area contributed by atoms with Gasteiger partial charge in [-0.05, 0) is 42.5 Å². The molecule has 3 heterocycles. The minimum atomic E-state index is -4.76. The van der Waals surface area contributed by atoms with Gasteiger partial charge in [0.05, 0.1) is 5.69 Å². The highest BCUT2D eigenvalue weighted by atomic mass is 35.5. The number of nitrogens with one attached hydrogen (secondary N) is 1. The van der Waals surface area contributed by atoms with Gasteiger partial charge in [-0.2, -0.15) is 21.6 Å².